The number of hydrogen-bond acceptors (Lipinski definition) is 1. The molecule has 0 amide bonds. The lowest BCUT2D eigenvalue weighted by molar-refractivity contribution is 0.673. The Labute approximate surface area is 114 Å². The monoisotopic (exact) mass is 247 g/mol. The summed E-state index contributed by atoms with van der Waals surface area (Å²) >= 11 is 0. The fourth-order valence-electron chi connectivity index (χ4n) is 1.94. The van der Waals surface area contributed by atoms with Gasteiger partial charge in [0.2, 0.25) is 0 Å². The lowest BCUT2D eigenvalue weighted by atomic mass is 9.84. The van der Waals surface area contributed by atoms with E-state index in [-0.39, 0.29) is 5.41 Å². The first-order valence-electron chi connectivity index (χ1n) is 6.37. The first kappa shape index (κ1) is 13.1. The third-order valence-corrected chi connectivity index (χ3v) is 3.25. The fraction of sp³-hybridized carbons (Fsp3) is 0.167. The van der Waals surface area contributed by atoms with E-state index in [0.717, 1.165) is 5.56 Å². The van der Waals surface area contributed by atoms with Crippen LogP contribution in [0.25, 0.3) is 6.08 Å². The van der Waals surface area contributed by atoms with Gasteiger partial charge in [0.1, 0.15) is 0 Å². The molecule has 0 spiro atoms. The van der Waals surface area contributed by atoms with Gasteiger partial charge >= 0.3 is 0 Å². The average Bonchev–Trinajstić information content (AvgIpc) is 2.47. The SMILES string of the molecule is CC(C)(/C=C/c1ccc(C#N)cc1)c1ccccc1. The number of benzene rings is 2. The van der Waals surface area contributed by atoms with Crippen LogP contribution in [-0.2, 0) is 5.41 Å². The first-order valence-corrected chi connectivity index (χ1v) is 6.37. The molecule has 0 unspecified atom stereocenters. The van der Waals surface area contributed by atoms with E-state index in [1.54, 1.807) is 0 Å². The van der Waals surface area contributed by atoms with Crippen molar-refractivity contribution in [3.63, 3.8) is 0 Å². The van der Waals surface area contributed by atoms with Gasteiger partial charge in [-0.05, 0) is 23.3 Å². The Morgan fingerprint density at radius 2 is 1.58 bits per heavy atom. The van der Waals surface area contributed by atoms with Gasteiger partial charge in [-0.1, -0.05) is 68.5 Å². The lowest BCUT2D eigenvalue weighted by Crippen LogP contribution is -2.12. The Bertz CT molecular complexity index is 598. The lowest BCUT2D eigenvalue weighted by Gasteiger charge is -2.20. The minimum Gasteiger partial charge on any atom is -0.192 e. The normalized spacial score (nSPS) is 11.4. The molecular weight excluding hydrogens is 230 g/mol. The minimum atomic E-state index is -0.00480. The van der Waals surface area contributed by atoms with E-state index in [4.69, 9.17) is 5.26 Å². The van der Waals surface area contributed by atoms with Gasteiger partial charge in [0.25, 0.3) is 0 Å². The molecule has 0 N–H and O–H groups in total. The van der Waals surface area contributed by atoms with Crippen molar-refractivity contribution in [2.45, 2.75) is 19.3 Å². The van der Waals surface area contributed by atoms with E-state index in [0.29, 0.717) is 5.56 Å². The molecule has 0 radical (unpaired) electrons. The second-order valence-corrected chi connectivity index (χ2v) is 5.15. The molecule has 1 heteroatoms. The fourth-order valence-corrected chi connectivity index (χ4v) is 1.94. The molecule has 0 aromatic heterocycles. The number of hydrogen-bond donors (Lipinski definition) is 0. The van der Waals surface area contributed by atoms with Crippen LogP contribution < -0.4 is 0 Å². The molecule has 0 aliphatic carbocycles. The van der Waals surface area contributed by atoms with Gasteiger partial charge in [-0.2, -0.15) is 5.26 Å². The molecule has 0 fully saturated rings. The van der Waals surface area contributed by atoms with Gasteiger partial charge in [0.05, 0.1) is 11.6 Å². The van der Waals surface area contributed by atoms with E-state index in [2.05, 4.69) is 56.3 Å². The summed E-state index contributed by atoms with van der Waals surface area (Å²) in [5.41, 5.74) is 3.09. The molecule has 2 rings (SSSR count). The maximum Gasteiger partial charge on any atom is 0.0991 e. The summed E-state index contributed by atoms with van der Waals surface area (Å²) in [4.78, 5) is 0. The molecule has 0 aliphatic heterocycles. The number of nitriles is 1. The topological polar surface area (TPSA) is 23.8 Å². The standard InChI is InChI=1S/C18H17N/c1-18(2,17-6-4-3-5-7-17)13-12-15-8-10-16(14-19)11-9-15/h3-13H,1-2H3/b13-12+. The quantitative estimate of drug-likeness (QED) is 0.780. The van der Waals surface area contributed by atoms with E-state index >= 15 is 0 Å². The van der Waals surface area contributed by atoms with Crippen LogP contribution in [-0.4, -0.2) is 0 Å². The summed E-state index contributed by atoms with van der Waals surface area (Å²) in [5.74, 6) is 0. The van der Waals surface area contributed by atoms with Gasteiger partial charge in [-0.3, -0.25) is 0 Å². The van der Waals surface area contributed by atoms with Crippen LogP contribution in [0.15, 0.2) is 60.7 Å². The molecular formula is C18H17N. The van der Waals surface area contributed by atoms with E-state index in [1.165, 1.54) is 5.56 Å². The van der Waals surface area contributed by atoms with Gasteiger partial charge in [0, 0.05) is 5.41 Å². The van der Waals surface area contributed by atoms with Crippen LogP contribution in [0.3, 0.4) is 0 Å². The Morgan fingerprint density at radius 3 is 2.16 bits per heavy atom. The van der Waals surface area contributed by atoms with Crippen LogP contribution in [0, 0.1) is 11.3 Å². The summed E-state index contributed by atoms with van der Waals surface area (Å²) in [6.07, 6.45) is 4.30. The Hall–Kier alpha value is -2.33. The third kappa shape index (κ3) is 3.33. The highest BCUT2D eigenvalue weighted by Crippen LogP contribution is 2.25. The van der Waals surface area contributed by atoms with Gasteiger partial charge < -0.3 is 0 Å². The van der Waals surface area contributed by atoms with E-state index in [1.807, 2.05) is 30.3 Å². The maximum atomic E-state index is 8.77. The average molecular weight is 247 g/mol. The Balaban J connectivity index is 2.19. The summed E-state index contributed by atoms with van der Waals surface area (Å²) in [5, 5.41) is 8.77. The van der Waals surface area contributed by atoms with Gasteiger partial charge in [-0.15, -0.1) is 0 Å². The molecule has 0 bridgehead atoms. The summed E-state index contributed by atoms with van der Waals surface area (Å²) in [6.45, 7) is 4.39. The second-order valence-electron chi connectivity index (χ2n) is 5.15. The van der Waals surface area contributed by atoms with Crippen molar-refractivity contribution in [2.24, 2.45) is 0 Å². The van der Waals surface area contributed by atoms with Crippen LogP contribution in [0.4, 0.5) is 0 Å². The molecule has 0 heterocycles. The van der Waals surface area contributed by atoms with Crippen LogP contribution in [0.1, 0.15) is 30.5 Å². The first-order chi connectivity index (χ1) is 9.12. The smallest absolute Gasteiger partial charge is 0.0991 e. The molecule has 2 aromatic carbocycles. The molecule has 2 aromatic rings. The van der Waals surface area contributed by atoms with E-state index < -0.39 is 0 Å². The van der Waals surface area contributed by atoms with Crippen molar-refractivity contribution in [3.05, 3.63) is 77.4 Å². The van der Waals surface area contributed by atoms with Crippen molar-refractivity contribution in [1.82, 2.24) is 0 Å². The van der Waals surface area contributed by atoms with Crippen molar-refractivity contribution >= 4 is 6.08 Å². The van der Waals surface area contributed by atoms with Crippen LogP contribution >= 0.6 is 0 Å². The van der Waals surface area contributed by atoms with Crippen LogP contribution in [0.2, 0.25) is 0 Å². The largest absolute Gasteiger partial charge is 0.192 e. The van der Waals surface area contributed by atoms with Crippen molar-refractivity contribution in [3.8, 4) is 6.07 Å². The second kappa shape index (κ2) is 5.54. The van der Waals surface area contributed by atoms with Crippen molar-refractivity contribution in [2.75, 3.05) is 0 Å². The van der Waals surface area contributed by atoms with Crippen molar-refractivity contribution < 1.29 is 0 Å². The minimum absolute atomic E-state index is 0.00480. The summed E-state index contributed by atoms with van der Waals surface area (Å²) in [7, 11) is 0. The zero-order valence-electron chi connectivity index (χ0n) is 11.3. The van der Waals surface area contributed by atoms with Gasteiger partial charge in [-0.25, -0.2) is 0 Å². The maximum absolute atomic E-state index is 8.77. The summed E-state index contributed by atoms with van der Waals surface area (Å²) in [6, 6.07) is 20.2. The molecule has 19 heavy (non-hydrogen) atoms. The van der Waals surface area contributed by atoms with Crippen molar-refractivity contribution in [1.29, 1.82) is 5.26 Å². The zero-order chi connectivity index (χ0) is 13.7. The molecule has 94 valence electrons. The van der Waals surface area contributed by atoms with Gasteiger partial charge in [0.15, 0.2) is 0 Å². The highest BCUT2D eigenvalue weighted by molar-refractivity contribution is 5.53. The predicted molar refractivity (Wildman–Crippen MR) is 79.7 cm³/mol. The Kier molecular flexibility index (Phi) is 3.82. The molecule has 0 saturated heterocycles. The highest BCUT2D eigenvalue weighted by Gasteiger charge is 2.15. The highest BCUT2D eigenvalue weighted by atomic mass is 14.2. The number of nitrogens with zero attached hydrogens (tertiary/aromatic N) is 1. The third-order valence-electron chi connectivity index (χ3n) is 3.25. The molecule has 0 saturated carbocycles. The summed E-state index contributed by atoms with van der Waals surface area (Å²) < 4.78 is 0. The zero-order valence-corrected chi connectivity index (χ0v) is 11.3. The predicted octanol–water partition coefficient (Wildman–Crippen LogP) is 4.55. The number of allylic oxidation sites excluding steroid dienone is 1. The number of rotatable bonds is 3. The van der Waals surface area contributed by atoms with Crippen LogP contribution in [0.5, 0.6) is 0 Å². The Morgan fingerprint density at radius 1 is 0.947 bits per heavy atom. The molecule has 1 nitrogen and oxygen atoms in total. The molecule has 0 atom stereocenters. The van der Waals surface area contributed by atoms with E-state index in [9.17, 15) is 0 Å². The molecule has 0 aliphatic rings.